The Morgan fingerprint density at radius 2 is 2.53 bits per heavy atom. The highest BCUT2D eigenvalue weighted by molar-refractivity contribution is 5.94. The van der Waals surface area contributed by atoms with Gasteiger partial charge in [0.2, 0.25) is 0 Å². The third-order valence-corrected chi connectivity index (χ3v) is 2.57. The third kappa shape index (κ3) is 1.82. The van der Waals surface area contributed by atoms with Crippen molar-refractivity contribution in [2.45, 2.75) is 18.9 Å². The van der Waals surface area contributed by atoms with E-state index in [2.05, 4.69) is 11.1 Å². The number of pyridine rings is 1. The van der Waals surface area contributed by atoms with Crippen LogP contribution in [0.5, 0.6) is 0 Å². The molecule has 76 valence electrons. The van der Waals surface area contributed by atoms with Gasteiger partial charge in [0.25, 0.3) is 5.91 Å². The predicted molar refractivity (Wildman–Crippen MR) is 53.9 cm³/mol. The standard InChI is InChI=1S/C11H11N3O/c12-7-10-4-2-6-14(10)11(15)9-3-1-5-13-8-9/h1,3,5,8,10H,2,4,6H2. The molecule has 4 heteroatoms. The highest BCUT2D eigenvalue weighted by atomic mass is 16.2. The lowest BCUT2D eigenvalue weighted by Gasteiger charge is -2.18. The van der Waals surface area contributed by atoms with Crippen LogP contribution < -0.4 is 0 Å². The average Bonchev–Trinajstić information content (AvgIpc) is 2.77. The number of hydrogen-bond acceptors (Lipinski definition) is 3. The van der Waals surface area contributed by atoms with Crippen molar-refractivity contribution in [3.63, 3.8) is 0 Å². The molecule has 0 N–H and O–H groups in total. The fourth-order valence-corrected chi connectivity index (χ4v) is 1.80. The van der Waals surface area contributed by atoms with E-state index in [4.69, 9.17) is 5.26 Å². The first kappa shape index (κ1) is 9.66. The molecule has 1 atom stereocenters. The molecule has 1 aliphatic heterocycles. The topological polar surface area (TPSA) is 57.0 Å². The number of aromatic nitrogens is 1. The van der Waals surface area contributed by atoms with Crippen molar-refractivity contribution in [3.8, 4) is 6.07 Å². The van der Waals surface area contributed by atoms with Crippen LogP contribution in [0.3, 0.4) is 0 Å². The van der Waals surface area contributed by atoms with Crippen molar-refractivity contribution in [3.05, 3.63) is 30.1 Å². The van der Waals surface area contributed by atoms with Crippen LogP contribution in [0.2, 0.25) is 0 Å². The van der Waals surface area contributed by atoms with E-state index in [0.717, 1.165) is 12.8 Å². The van der Waals surface area contributed by atoms with E-state index in [1.165, 1.54) is 6.20 Å². The van der Waals surface area contributed by atoms with Crippen LogP contribution in [-0.2, 0) is 0 Å². The molecule has 1 aromatic rings. The second-order valence-electron chi connectivity index (χ2n) is 3.53. The molecular formula is C11H11N3O. The number of carbonyl (C=O) groups is 1. The van der Waals surface area contributed by atoms with Crippen LogP contribution in [0.4, 0.5) is 0 Å². The summed E-state index contributed by atoms with van der Waals surface area (Å²) in [5.41, 5.74) is 0.555. The van der Waals surface area contributed by atoms with E-state index < -0.39 is 0 Å². The first-order valence-corrected chi connectivity index (χ1v) is 4.93. The minimum Gasteiger partial charge on any atom is -0.323 e. The van der Waals surface area contributed by atoms with Crippen LogP contribution in [0.15, 0.2) is 24.5 Å². The number of carbonyl (C=O) groups excluding carboxylic acids is 1. The number of nitriles is 1. The molecule has 0 radical (unpaired) electrons. The molecular weight excluding hydrogens is 190 g/mol. The predicted octanol–water partition coefficient (Wildman–Crippen LogP) is 1.21. The van der Waals surface area contributed by atoms with Gasteiger partial charge in [-0.2, -0.15) is 5.26 Å². The van der Waals surface area contributed by atoms with Gasteiger partial charge < -0.3 is 4.90 Å². The normalized spacial score (nSPS) is 19.9. The molecule has 0 saturated carbocycles. The molecule has 2 heterocycles. The second kappa shape index (κ2) is 4.09. The van der Waals surface area contributed by atoms with E-state index in [-0.39, 0.29) is 11.9 Å². The monoisotopic (exact) mass is 201 g/mol. The third-order valence-electron chi connectivity index (χ3n) is 2.57. The van der Waals surface area contributed by atoms with Gasteiger partial charge in [-0.3, -0.25) is 9.78 Å². The Bertz CT molecular complexity index is 396. The van der Waals surface area contributed by atoms with E-state index in [9.17, 15) is 4.79 Å². The van der Waals surface area contributed by atoms with Crippen LogP contribution in [0.1, 0.15) is 23.2 Å². The summed E-state index contributed by atoms with van der Waals surface area (Å²) in [5.74, 6) is -0.0906. The average molecular weight is 201 g/mol. The molecule has 15 heavy (non-hydrogen) atoms. The molecule has 0 aromatic carbocycles. The maximum absolute atomic E-state index is 12.0. The largest absolute Gasteiger partial charge is 0.323 e. The molecule has 1 saturated heterocycles. The Hall–Kier alpha value is -1.89. The summed E-state index contributed by atoms with van der Waals surface area (Å²) < 4.78 is 0. The van der Waals surface area contributed by atoms with E-state index in [1.54, 1.807) is 23.2 Å². The van der Waals surface area contributed by atoms with Gasteiger partial charge >= 0.3 is 0 Å². The second-order valence-corrected chi connectivity index (χ2v) is 3.53. The minimum absolute atomic E-state index is 0.0906. The number of nitrogens with zero attached hydrogens (tertiary/aromatic N) is 3. The quantitative estimate of drug-likeness (QED) is 0.686. The van der Waals surface area contributed by atoms with Crippen molar-refractivity contribution in [1.29, 1.82) is 5.26 Å². The van der Waals surface area contributed by atoms with Crippen LogP contribution in [0, 0.1) is 11.3 Å². The van der Waals surface area contributed by atoms with Crippen LogP contribution in [-0.4, -0.2) is 28.4 Å². The number of rotatable bonds is 1. The van der Waals surface area contributed by atoms with Crippen molar-refractivity contribution < 1.29 is 4.79 Å². The number of amides is 1. The van der Waals surface area contributed by atoms with Crippen LogP contribution in [0.25, 0.3) is 0 Å². The Kier molecular flexibility index (Phi) is 2.64. The summed E-state index contributed by atoms with van der Waals surface area (Å²) in [7, 11) is 0. The fourth-order valence-electron chi connectivity index (χ4n) is 1.80. The molecule has 0 aliphatic carbocycles. The summed E-state index contributed by atoms with van der Waals surface area (Å²) >= 11 is 0. The van der Waals surface area contributed by atoms with Gasteiger partial charge in [0, 0.05) is 18.9 Å². The Morgan fingerprint density at radius 1 is 1.67 bits per heavy atom. The molecule has 1 aliphatic rings. The summed E-state index contributed by atoms with van der Waals surface area (Å²) in [4.78, 5) is 17.5. The van der Waals surface area contributed by atoms with Gasteiger partial charge in [0.15, 0.2) is 0 Å². The zero-order chi connectivity index (χ0) is 10.7. The molecule has 4 nitrogen and oxygen atoms in total. The highest BCUT2D eigenvalue weighted by Gasteiger charge is 2.29. The zero-order valence-electron chi connectivity index (χ0n) is 8.26. The zero-order valence-corrected chi connectivity index (χ0v) is 8.26. The summed E-state index contributed by atoms with van der Waals surface area (Å²) in [6.07, 6.45) is 4.85. The molecule has 0 bridgehead atoms. The van der Waals surface area contributed by atoms with E-state index in [1.807, 2.05) is 0 Å². The lowest BCUT2D eigenvalue weighted by Crippen LogP contribution is -2.34. The highest BCUT2D eigenvalue weighted by Crippen LogP contribution is 2.18. The maximum Gasteiger partial charge on any atom is 0.256 e. The Balaban J connectivity index is 2.19. The summed E-state index contributed by atoms with van der Waals surface area (Å²) in [6, 6.07) is 5.33. The molecule has 1 amide bonds. The van der Waals surface area contributed by atoms with Crippen molar-refractivity contribution in [2.24, 2.45) is 0 Å². The first-order valence-electron chi connectivity index (χ1n) is 4.93. The minimum atomic E-state index is -0.266. The first-order chi connectivity index (χ1) is 7.33. The van der Waals surface area contributed by atoms with Crippen LogP contribution >= 0.6 is 0 Å². The molecule has 2 rings (SSSR count). The van der Waals surface area contributed by atoms with E-state index >= 15 is 0 Å². The Morgan fingerprint density at radius 3 is 3.20 bits per heavy atom. The SMILES string of the molecule is N#CC1CCCN1C(=O)c1cccnc1. The van der Waals surface area contributed by atoms with Gasteiger partial charge in [0.05, 0.1) is 11.6 Å². The molecule has 0 spiro atoms. The number of likely N-dealkylation sites (tertiary alicyclic amines) is 1. The fraction of sp³-hybridized carbons (Fsp3) is 0.364. The number of hydrogen-bond donors (Lipinski definition) is 0. The smallest absolute Gasteiger partial charge is 0.256 e. The lowest BCUT2D eigenvalue weighted by molar-refractivity contribution is 0.0764. The lowest BCUT2D eigenvalue weighted by atomic mass is 10.2. The molecule has 1 aromatic heterocycles. The maximum atomic E-state index is 12.0. The van der Waals surface area contributed by atoms with Crippen molar-refractivity contribution in [2.75, 3.05) is 6.54 Å². The molecule has 1 fully saturated rings. The summed E-state index contributed by atoms with van der Waals surface area (Å²) in [5, 5.41) is 8.87. The van der Waals surface area contributed by atoms with E-state index in [0.29, 0.717) is 12.1 Å². The van der Waals surface area contributed by atoms with Gasteiger partial charge in [0.1, 0.15) is 6.04 Å². The summed E-state index contributed by atoms with van der Waals surface area (Å²) in [6.45, 7) is 0.673. The molecule has 1 unspecified atom stereocenters. The van der Waals surface area contributed by atoms with Gasteiger partial charge in [-0.25, -0.2) is 0 Å². The van der Waals surface area contributed by atoms with Gasteiger partial charge in [-0.1, -0.05) is 0 Å². The van der Waals surface area contributed by atoms with Crippen molar-refractivity contribution >= 4 is 5.91 Å². The van der Waals surface area contributed by atoms with Gasteiger partial charge in [-0.15, -0.1) is 0 Å². The van der Waals surface area contributed by atoms with Gasteiger partial charge in [-0.05, 0) is 25.0 Å². The Labute approximate surface area is 88.1 Å². The van der Waals surface area contributed by atoms with Crippen molar-refractivity contribution in [1.82, 2.24) is 9.88 Å².